The van der Waals surface area contributed by atoms with Crippen LogP contribution >= 0.6 is 11.6 Å². The zero-order valence-corrected chi connectivity index (χ0v) is 13.7. The Morgan fingerprint density at radius 3 is 2.61 bits per heavy atom. The summed E-state index contributed by atoms with van der Waals surface area (Å²) in [5, 5.41) is 16.0. The lowest BCUT2D eigenvalue weighted by Crippen LogP contribution is -2.53. The van der Waals surface area contributed by atoms with Crippen molar-refractivity contribution in [1.29, 1.82) is 0 Å². The first kappa shape index (κ1) is 16.7. The van der Waals surface area contributed by atoms with Gasteiger partial charge in [-0.1, -0.05) is 17.7 Å². The van der Waals surface area contributed by atoms with Crippen molar-refractivity contribution in [3.05, 3.63) is 34.6 Å². The van der Waals surface area contributed by atoms with E-state index in [0.29, 0.717) is 18.8 Å². The zero-order chi connectivity index (χ0) is 16.4. The van der Waals surface area contributed by atoms with Gasteiger partial charge in [0.05, 0.1) is 16.7 Å². The normalized spacial score (nSPS) is 26.4. The highest BCUT2D eigenvalue weighted by Gasteiger charge is 2.39. The number of amides is 1. The highest BCUT2D eigenvalue weighted by Crippen LogP contribution is 2.36. The number of carbonyl (C=O) groups excluding carboxylic acids is 1. The largest absolute Gasteiger partial charge is 0.393 e. The number of piperidine rings is 1. The highest BCUT2D eigenvalue weighted by atomic mass is 35.5. The molecule has 2 fully saturated rings. The van der Waals surface area contributed by atoms with Crippen molar-refractivity contribution < 1.29 is 14.3 Å². The molecular formula is C17H22ClFN2O2. The number of aliphatic hydroxyl groups excluding tert-OH is 1. The van der Waals surface area contributed by atoms with Crippen molar-refractivity contribution in [2.75, 3.05) is 13.1 Å². The van der Waals surface area contributed by atoms with E-state index < -0.39 is 11.7 Å². The van der Waals surface area contributed by atoms with Gasteiger partial charge in [0.2, 0.25) is 0 Å². The summed E-state index contributed by atoms with van der Waals surface area (Å²) in [6.45, 7) is 1.85. The molecule has 1 aromatic carbocycles. The molecule has 0 spiro atoms. The fourth-order valence-electron chi connectivity index (χ4n) is 3.69. The minimum Gasteiger partial charge on any atom is -0.393 e. The van der Waals surface area contributed by atoms with Gasteiger partial charge < -0.3 is 15.7 Å². The fraction of sp³-hybridized carbons (Fsp3) is 0.588. The molecular weight excluding hydrogens is 319 g/mol. The second-order valence-corrected chi connectivity index (χ2v) is 6.98. The summed E-state index contributed by atoms with van der Waals surface area (Å²) in [6, 6.07) is 4.21. The maximum atomic E-state index is 14.0. The molecule has 0 unspecified atom stereocenters. The third-order valence-corrected chi connectivity index (χ3v) is 5.35. The van der Waals surface area contributed by atoms with E-state index >= 15 is 0 Å². The van der Waals surface area contributed by atoms with Gasteiger partial charge in [-0.3, -0.25) is 4.79 Å². The Morgan fingerprint density at radius 1 is 1.30 bits per heavy atom. The van der Waals surface area contributed by atoms with Crippen molar-refractivity contribution in [3.8, 4) is 0 Å². The van der Waals surface area contributed by atoms with Crippen molar-refractivity contribution in [3.63, 3.8) is 0 Å². The molecule has 4 nitrogen and oxygen atoms in total. The van der Waals surface area contributed by atoms with E-state index in [-0.39, 0.29) is 28.6 Å². The predicted octanol–water partition coefficient (Wildman–Crippen LogP) is 2.35. The van der Waals surface area contributed by atoms with Gasteiger partial charge >= 0.3 is 0 Å². The maximum Gasteiger partial charge on any atom is 0.256 e. The first-order valence-corrected chi connectivity index (χ1v) is 8.57. The smallest absolute Gasteiger partial charge is 0.256 e. The molecule has 1 aliphatic carbocycles. The molecule has 6 heteroatoms. The molecule has 0 bridgehead atoms. The second kappa shape index (κ2) is 7.16. The maximum absolute atomic E-state index is 14.0. The number of carbonyl (C=O) groups is 1. The van der Waals surface area contributed by atoms with Gasteiger partial charge in [0, 0.05) is 6.04 Å². The number of aliphatic hydroxyl groups is 1. The van der Waals surface area contributed by atoms with E-state index in [1.165, 1.54) is 18.2 Å². The highest BCUT2D eigenvalue weighted by molar-refractivity contribution is 6.33. The number of nitrogens with one attached hydrogen (secondary N) is 2. The van der Waals surface area contributed by atoms with E-state index in [0.717, 1.165) is 25.9 Å². The summed E-state index contributed by atoms with van der Waals surface area (Å²) in [5.74, 6) is -0.462. The summed E-state index contributed by atoms with van der Waals surface area (Å²) in [6.07, 6.45) is 3.06. The molecule has 1 atom stereocenters. The van der Waals surface area contributed by atoms with Crippen molar-refractivity contribution in [2.45, 2.75) is 37.8 Å². The number of benzene rings is 1. The molecule has 2 aliphatic rings. The molecule has 3 rings (SSSR count). The van der Waals surface area contributed by atoms with Gasteiger partial charge in [-0.15, -0.1) is 0 Å². The number of hydrogen-bond donors (Lipinski definition) is 3. The van der Waals surface area contributed by atoms with E-state index in [4.69, 9.17) is 11.6 Å². The van der Waals surface area contributed by atoms with Crippen LogP contribution in [0.1, 0.15) is 36.0 Å². The summed E-state index contributed by atoms with van der Waals surface area (Å²) in [5.41, 5.74) is -0.0898. The van der Waals surface area contributed by atoms with E-state index in [1.807, 2.05) is 0 Å². The monoisotopic (exact) mass is 340 g/mol. The second-order valence-electron chi connectivity index (χ2n) is 6.57. The average molecular weight is 341 g/mol. The molecule has 0 aromatic heterocycles. The van der Waals surface area contributed by atoms with Gasteiger partial charge in [-0.25, -0.2) is 4.39 Å². The van der Waals surface area contributed by atoms with E-state index in [9.17, 15) is 14.3 Å². The Hall–Kier alpha value is -1.17. The Balaban J connectivity index is 1.76. The van der Waals surface area contributed by atoms with Gasteiger partial charge in [-0.05, 0) is 62.7 Å². The van der Waals surface area contributed by atoms with Crippen LogP contribution in [0.5, 0.6) is 0 Å². The summed E-state index contributed by atoms with van der Waals surface area (Å²) in [4.78, 5) is 12.6. The fourth-order valence-corrected chi connectivity index (χ4v) is 3.93. The molecule has 1 heterocycles. The topological polar surface area (TPSA) is 61.4 Å². The molecule has 1 saturated carbocycles. The molecule has 3 N–H and O–H groups in total. The number of hydrogen-bond acceptors (Lipinski definition) is 3. The standard InChI is InChI=1S/C17H22ClFN2O2/c18-13-2-1-3-14(19)15(13)17(23)21-16(11-8-12(22)9-11)10-4-6-20-7-5-10/h1-3,10-12,16,20,22H,4-9H2,(H,21,23)/t11?,12?,16-/m1/s1. The van der Waals surface area contributed by atoms with Crippen LogP contribution in [0, 0.1) is 17.7 Å². The van der Waals surface area contributed by atoms with Crippen molar-refractivity contribution in [1.82, 2.24) is 10.6 Å². The van der Waals surface area contributed by atoms with Gasteiger partial charge in [0.25, 0.3) is 5.91 Å². The van der Waals surface area contributed by atoms with Crippen LogP contribution in [-0.4, -0.2) is 36.2 Å². The third kappa shape index (κ3) is 3.67. The third-order valence-electron chi connectivity index (χ3n) is 5.04. The van der Waals surface area contributed by atoms with Crippen LogP contribution in [0.4, 0.5) is 4.39 Å². The van der Waals surface area contributed by atoms with Crippen LogP contribution < -0.4 is 10.6 Å². The first-order valence-electron chi connectivity index (χ1n) is 8.20. The van der Waals surface area contributed by atoms with Gasteiger partial charge in [-0.2, -0.15) is 0 Å². The average Bonchev–Trinajstić information content (AvgIpc) is 2.50. The van der Waals surface area contributed by atoms with Crippen LogP contribution in [0.25, 0.3) is 0 Å². The summed E-state index contributed by atoms with van der Waals surface area (Å²) < 4.78 is 14.0. The lowest BCUT2D eigenvalue weighted by atomic mass is 9.71. The number of halogens is 2. The Kier molecular flexibility index (Phi) is 5.19. The molecule has 1 saturated heterocycles. The van der Waals surface area contributed by atoms with Crippen LogP contribution in [0.3, 0.4) is 0 Å². The van der Waals surface area contributed by atoms with E-state index in [2.05, 4.69) is 10.6 Å². The van der Waals surface area contributed by atoms with Crippen LogP contribution in [0.2, 0.25) is 5.02 Å². The molecule has 1 aromatic rings. The minimum atomic E-state index is -0.604. The van der Waals surface area contributed by atoms with Crippen LogP contribution in [0.15, 0.2) is 18.2 Å². The molecule has 1 amide bonds. The van der Waals surface area contributed by atoms with E-state index in [1.54, 1.807) is 0 Å². The summed E-state index contributed by atoms with van der Waals surface area (Å²) in [7, 11) is 0. The molecule has 1 aliphatic heterocycles. The molecule has 126 valence electrons. The SMILES string of the molecule is O=C(N[C@H](C1CCNCC1)C1CC(O)C1)c1c(F)cccc1Cl. The lowest BCUT2D eigenvalue weighted by Gasteiger charge is -2.43. The van der Waals surface area contributed by atoms with Gasteiger partial charge in [0.1, 0.15) is 5.82 Å². The van der Waals surface area contributed by atoms with Crippen LogP contribution in [-0.2, 0) is 0 Å². The molecule has 0 radical (unpaired) electrons. The Morgan fingerprint density at radius 2 is 2.00 bits per heavy atom. The Labute approximate surface area is 140 Å². The first-order chi connectivity index (χ1) is 11.1. The number of rotatable bonds is 4. The Bertz CT molecular complexity index is 551. The zero-order valence-electron chi connectivity index (χ0n) is 12.9. The predicted molar refractivity (Wildman–Crippen MR) is 87.0 cm³/mol. The summed E-state index contributed by atoms with van der Waals surface area (Å²) >= 11 is 5.99. The molecule has 23 heavy (non-hydrogen) atoms. The lowest BCUT2D eigenvalue weighted by molar-refractivity contribution is 0.00914. The quantitative estimate of drug-likeness (QED) is 0.788. The van der Waals surface area contributed by atoms with Gasteiger partial charge in [0.15, 0.2) is 0 Å². The minimum absolute atomic E-state index is 0.0383. The van der Waals surface area contributed by atoms with Crippen molar-refractivity contribution in [2.24, 2.45) is 11.8 Å². The van der Waals surface area contributed by atoms with Crippen molar-refractivity contribution >= 4 is 17.5 Å².